The zero-order chi connectivity index (χ0) is 26.4. The fourth-order valence-electron chi connectivity index (χ4n) is 5.07. The molecule has 10 heteroatoms. The van der Waals surface area contributed by atoms with Crippen molar-refractivity contribution < 1.29 is 8.78 Å². The van der Waals surface area contributed by atoms with E-state index in [9.17, 15) is 4.39 Å². The molecular formula is C28H28F2N8. The van der Waals surface area contributed by atoms with Gasteiger partial charge in [0, 0.05) is 50.6 Å². The van der Waals surface area contributed by atoms with Crippen molar-refractivity contribution in [3.8, 4) is 11.3 Å². The molecule has 0 amide bonds. The molecule has 0 fully saturated rings. The lowest BCUT2D eigenvalue weighted by Crippen LogP contribution is -2.22. The zero-order valence-corrected chi connectivity index (χ0v) is 21.5. The molecule has 4 aromatic rings. The number of fused-ring (bicyclic) bond motifs is 3. The van der Waals surface area contributed by atoms with Gasteiger partial charge in [0.15, 0.2) is 11.6 Å². The van der Waals surface area contributed by atoms with E-state index in [4.69, 9.17) is 0 Å². The summed E-state index contributed by atoms with van der Waals surface area (Å²) in [6, 6.07) is 7.00. The summed E-state index contributed by atoms with van der Waals surface area (Å²) in [4.78, 5) is 21.6. The van der Waals surface area contributed by atoms with E-state index >= 15 is 4.39 Å². The number of allylic oxidation sites excluding steroid dienone is 1. The van der Waals surface area contributed by atoms with Gasteiger partial charge in [-0.1, -0.05) is 0 Å². The van der Waals surface area contributed by atoms with Gasteiger partial charge in [0.2, 0.25) is 5.95 Å². The van der Waals surface area contributed by atoms with Crippen LogP contribution in [-0.2, 0) is 6.42 Å². The van der Waals surface area contributed by atoms with E-state index in [-0.39, 0.29) is 17.7 Å². The number of halogens is 2. The number of hydrogen-bond donors (Lipinski definition) is 1. The van der Waals surface area contributed by atoms with Gasteiger partial charge in [-0.05, 0) is 56.2 Å². The molecule has 0 aliphatic carbocycles. The maximum atomic E-state index is 15.1. The molecular weight excluding hydrogens is 486 g/mol. The van der Waals surface area contributed by atoms with E-state index in [1.165, 1.54) is 6.07 Å². The Morgan fingerprint density at radius 1 is 1.05 bits per heavy atom. The molecule has 2 aliphatic heterocycles. The predicted octanol–water partition coefficient (Wildman–Crippen LogP) is 5.59. The molecule has 38 heavy (non-hydrogen) atoms. The van der Waals surface area contributed by atoms with Crippen molar-refractivity contribution in [3.05, 3.63) is 78.2 Å². The first-order chi connectivity index (χ1) is 18.4. The van der Waals surface area contributed by atoms with Crippen LogP contribution in [-0.4, -0.2) is 50.0 Å². The van der Waals surface area contributed by atoms with Crippen molar-refractivity contribution in [1.29, 1.82) is 0 Å². The highest BCUT2D eigenvalue weighted by molar-refractivity contribution is 5.83. The van der Waals surface area contributed by atoms with Crippen LogP contribution in [0.15, 0.2) is 60.7 Å². The van der Waals surface area contributed by atoms with Crippen LogP contribution in [0.5, 0.6) is 0 Å². The Kier molecular flexibility index (Phi) is 6.01. The van der Waals surface area contributed by atoms with Crippen LogP contribution in [0.4, 0.5) is 26.2 Å². The molecule has 0 bridgehead atoms. The van der Waals surface area contributed by atoms with E-state index < -0.39 is 11.6 Å². The maximum Gasteiger partial charge on any atom is 0.229 e. The third kappa shape index (κ3) is 4.36. The number of nitrogens with zero attached hydrogens (tertiary/aromatic N) is 7. The average molecular weight is 515 g/mol. The van der Waals surface area contributed by atoms with E-state index in [0.717, 1.165) is 49.2 Å². The topological polar surface area (TPSA) is 75.0 Å². The largest absolute Gasteiger partial charge is 0.378 e. The third-order valence-electron chi connectivity index (χ3n) is 7.06. The lowest BCUT2D eigenvalue weighted by Gasteiger charge is -2.25. The van der Waals surface area contributed by atoms with E-state index in [2.05, 4.69) is 52.6 Å². The molecule has 1 atom stereocenters. The first-order valence-electron chi connectivity index (χ1n) is 12.7. The molecule has 2 aliphatic rings. The van der Waals surface area contributed by atoms with Crippen molar-refractivity contribution in [1.82, 2.24) is 29.4 Å². The Hall–Kier alpha value is -4.34. The lowest BCUT2D eigenvalue weighted by molar-refractivity contribution is 0.436. The zero-order valence-electron chi connectivity index (χ0n) is 21.5. The number of anilines is 3. The monoisotopic (exact) mass is 514 g/mol. The summed E-state index contributed by atoms with van der Waals surface area (Å²) < 4.78 is 32.0. The van der Waals surface area contributed by atoms with Crippen LogP contribution in [0, 0.1) is 11.6 Å². The van der Waals surface area contributed by atoms with Crippen molar-refractivity contribution in [2.75, 3.05) is 30.9 Å². The van der Waals surface area contributed by atoms with Crippen LogP contribution in [0.25, 0.3) is 22.3 Å². The van der Waals surface area contributed by atoms with Crippen LogP contribution in [0.1, 0.15) is 31.6 Å². The molecule has 1 N–H and O–H groups in total. The standard InChI is InChI=1S/C28H28F2N8/c1-17-5-4-6-25-34-27-21(29)13-18(14-23(27)38(17)25)26-22(30)16-32-28(35-26)33-24-8-7-20(15-31-24)37-11-9-19(10-12-37)36(2)3/h7-11,13-17H,4-6,12H2,1-3H3,(H,31,32,33,35). The van der Waals surface area contributed by atoms with Gasteiger partial charge in [0.25, 0.3) is 0 Å². The molecule has 0 saturated heterocycles. The van der Waals surface area contributed by atoms with Gasteiger partial charge in [0.05, 0.1) is 23.6 Å². The molecule has 0 spiro atoms. The van der Waals surface area contributed by atoms with Gasteiger partial charge in [-0.3, -0.25) is 0 Å². The Labute approximate surface area is 219 Å². The minimum absolute atomic E-state index is 0.0147. The molecule has 6 rings (SSSR count). The summed E-state index contributed by atoms with van der Waals surface area (Å²) in [6.45, 7) is 2.84. The summed E-state index contributed by atoms with van der Waals surface area (Å²) in [5.41, 5.74) is 3.41. The smallest absolute Gasteiger partial charge is 0.229 e. The van der Waals surface area contributed by atoms with Crippen LogP contribution >= 0.6 is 0 Å². The fraction of sp³-hybridized carbons (Fsp3) is 0.286. The molecule has 1 aromatic carbocycles. The predicted molar refractivity (Wildman–Crippen MR) is 144 cm³/mol. The van der Waals surface area contributed by atoms with Crippen molar-refractivity contribution in [2.24, 2.45) is 0 Å². The first kappa shape index (κ1) is 24.0. The van der Waals surface area contributed by atoms with Gasteiger partial charge in [-0.2, -0.15) is 0 Å². The average Bonchev–Trinajstić information content (AvgIpc) is 3.31. The fourth-order valence-corrected chi connectivity index (χ4v) is 5.07. The van der Waals surface area contributed by atoms with Gasteiger partial charge >= 0.3 is 0 Å². The number of benzene rings is 1. The Balaban J connectivity index is 1.26. The number of aromatic nitrogens is 5. The van der Waals surface area contributed by atoms with Gasteiger partial charge in [-0.25, -0.2) is 28.7 Å². The number of rotatable bonds is 5. The Morgan fingerprint density at radius 3 is 2.66 bits per heavy atom. The number of nitrogens with one attached hydrogen (secondary N) is 1. The summed E-state index contributed by atoms with van der Waals surface area (Å²) in [5, 5.41) is 3.03. The minimum atomic E-state index is -0.633. The minimum Gasteiger partial charge on any atom is -0.378 e. The van der Waals surface area contributed by atoms with Gasteiger partial charge < -0.3 is 19.7 Å². The van der Waals surface area contributed by atoms with Crippen LogP contribution in [0.2, 0.25) is 0 Å². The number of imidazole rings is 1. The summed E-state index contributed by atoms with van der Waals surface area (Å²) in [7, 11) is 4.02. The maximum absolute atomic E-state index is 15.1. The molecule has 194 valence electrons. The molecule has 8 nitrogen and oxygen atoms in total. The van der Waals surface area contributed by atoms with E-state index in [0.29, 0.717) is 22.4 Å². The van der Waals surface area contributed by atoms with Gasteiger partial charge in [-0.15, -0.1) is 0 Å². The lowest BCUT2D eigenvalue weighted by atomic mass is 10.1. The highest BCUT2D eigenvalue weighted by atomic mass is 19.1. The summed E-state index contributed by atoms with van der Waals surface area (Å²) >= 11 is 0. The van der Waals surface area contributed by atoms with Crippen molar-refractivity contribution in [2.45, 2.75) is 32.2 Å². The third-order valence-corrected chi connectivity index (χ3v) is 7.06. The van der Waals surface area contributed by atoms with Crippen molar-refractivity contribution >= 4 is 28.5 Å². The van der Waals surface area contributed by atoms with E-state index in [1.807, 2.05) is 38.5 Å². The summed E-state index contributed by atoms with van der Waals surface area (Å²) in [6.07, 6.45) is 11.9. The molecule has 3 aromatic heterocycles. The second kappa shape index (κ2) is 9.51. The van der Waals surface area contributed by atoms with Crippen LogP contribution < -0.4 is 10.2 Å². The van der Waals surface area contributed by atoms with E-state index in [1.54, 1.807) is 12.3 Å². The molecule has 1 unspecified atom stereocenters. The highest BCUT2D eigenvalue weighted by Crippen LogP contribution is 2.34. The highest BCUT2D eigenvalue weighted by Gasteiger charge is 2.23. The SMILES string of the molecule is CC1CCCc2nc3c(F)cc(-c4nc(Nc5ccc(N6C=CC(N(C)C)=CC6)cn5)ncc4F)cc3n21. The second-order valence-electron chi connectivity index (χ2n) is 9.87. The van der Waals surface area contributed by atoms with Gasteiger partial charge in [0.1, 0.15) is 22.9 Å². The van der Waals surface area contributed by atoms with Crippen LogP contribution in [0.3, 0.4) is 0 Å². The number of pyridine rings is 1. The molecule has 0 radical (unpaired) electrons. The quantitative estimate of drug-likeness (QED) is 0.372. The second-order valence-corrected chi connectivity index (χ2v) is 9.87. The summed E-state index contributed by atoms with van der Waals surface area (Å²) in [5.74, 6) is 0.421. The molecule has 5 heterocycles. The normalized spacial score (nSPS) is 16.9. The Bertz CT molecular complexity index is 1570. The number of aryl methyl sites for hydroxylation is 1. The number of likely N-dealkylation sites (N-methyl/N-ethyl adjacent to an activating group) is 1. The first-order valence-corrected chi connectivity index (χ1v) is 12.7. The number of hydrogen-bond acceptors (Lipinski definition) is 7. The Morgan fingerprint density at radius 2 is 1.92 bits per heavy atom. The van der Waals surface area contributed by atoms with Crippen molar-refractivity contribution in [3.63, 3.8) is 0 Å². The molecule has 0 saturated carbocycles.